The number of hydrogen-bond acceptors (Lipinski definition) is 5. The van der Waals surface area contributed by atoms with E-state index in [1.165, 1.54) is 12.1 Å². The molecule has 1 fully saturated rings. The smallest absolute Gasteiger partial charge is 0.310 e. The number of benzene rings is 1. The highest BCUT2D eigenvalue weighted by molar-refractivity contribution is 5.92. The molecular formula is C21H22F4N2O4. The van der Waals surface area contributed by atoms with Crippen molar-refractivity contribution >= 4 is 5.91 Å². The zero-order chi connectivity index (χ0) is 22.9. The van der Waals surface area contributed by atoms with Gasteiger partial charge in [0.1, 0.15) is 23.8 Å². The highest BCUT2D eigenvalue weighted by Crippen LogP contribution is 2.35. The molecule has 0 radical (unpaired) electrons. The van der Waals surface area contributed by atoms with Gasteiger partial charge < -0.3 is 14.3 Å². The van der Waals surface area contributed by atoms with Gasteiger partial charge in [-0.3, -0.25) is 10.2 Å². The molecule has 1 atom stereocenters. The number of halogens is 4. The molecule has 2 N–H and O–H groups in total. The molecule has 2 aromatic rings. The fourth-order valence-electron chi connectivity index (χ4n) is 3.19. The van der Waals surface area contributed by atoms with Crippen LogP contribution in [0, 0.1) is 6.92 Å². The van der Waals surface area contributed by atoms with Gasteiger partial charge in [-0.25, -0.2) is 13.8 Å². The van der Waals surface area contributed by atoms with Crippen molar-refractivity contribution in [3.8, 4) is 5.75 Å². The maximum Gasteiger partial charge on any atom is 0.310 e. The molecule has 1 saturated heterocycles. The van der Waals surface area contributed by atoms with Gasteiger partial charge in [0.25, 0.3) is 12.5 Å². The van der Waals surface area contributed by atoms with Crippen molar-refractivity contribution < 1.29 is 36.6 Å². The standard InChI is InChI=1S/C21H22F4N2O4/c1-11(2)14-6-4-12(3)8-17(14)30-10-13-5-7-16(31-13)19(28)27-21(29,20(24)25)9-15(26-27)18(22)23/h4-8,11,20,26,29H,9-10H2,1-3H3. The van der Waals surface area contributed by atoms with E-state index in [1.807, 2.05) is 44.4 Å². The maximum absolute atomic E-state index is 13.3. The Morgan fingerprint density at radius 3 is 2.61 bits per heavy atom. The van der Waals surface area contributed by atoms with Crippen LogP contribution < -0.4 is 10.2 Å². The zero-order valence-corrected chi connectivity index (χ0v) is 17.1. The summed E-state index contributed by atoms with van der Waals surface area (Å²) in [7, 11) is 0. The highest BCUT2D eigenvalue weighted by Gasteiger charge is 2.54. The SMILES string of the molecule is Cc1ccc(C(C)C)c(OCc2ccc(C(=O)N3NC(=C(F)F)CC3(O)C(F)F)o2)c1. The van der Waals surface area contributed by atoms with E-state index in [4.69, 9.17) is 9.15 Å². The van der Waals surface area contributed by atoms with Crippen molar-refractivity contribution in [2.45, 2.75) is 51.9 Å². The summed E-state index contributed by atoms with van der Waals surface area (Å²) in [5.74, 6) is -0.578. The minimum absolute atomic E-state index is 0.0484. The van der Waals surface area contributed by atoms with Gasteiger partial charge in [0.15, 0.2) is 5.76 Å². The second-order valence-corrected chi connectivity index (χ2v) is 7.60. The number of hydrogen-bond donors (Lipinski definition) is 2. The van der Waals surface area contributed by atoms with E-state index in [-0.39, 0.29) is 23.3 Å². The first-order chi connectivity index (χ1) is 14.5. The molecule has 1 aliphatic rings. The van der Waals surface area contributed by atoms with Gasteiger partial charge in [-0.2, -0.15) is 8.78 Å². The van der Waals surface area contributed by atoms with Crippen LogP contribution in [-0.2, 0) is 6.61 Å². The first kappa shape index (κ1) is 22.7. The summed E-state index contributed by atoms with van der Waals surface area (Å²) >= 11 is 0. The van der Waals surface area contributed by atoms with Crippen LogP contribution in [0.3, 0.4) is 0 Å². The lowest BCUT2D eigenvalue weighted by Crippen LogP contribution is -2.55. The first-order valence-electron chi connectivity index (χ1n) is 9.51. The summed E-state index contributed by atoms with van der Waals surface area (Å²) in [5, 5.41) is 10.2. The van der Waals surface area contributed by atoms with Crippen LogP contribution in [0.5, 0.6) is 5.75 Å². The number of rotatable bonds is 6. The number of carbonyl (C=O) groups is 1. The van der Waals surface area contributed by atoms with Crippen LogP contribution in [0.1, 0.15) is 53.6 Å². The van der Waals surface area contributed by atoms with E-state index in [9.17, 15) is 27.5 Å². The van der Waals surface area contributed by atoms with Crippen LogP contribution in [-0.4, -0.2) is 28.2 Å². The Kier molecular flexibility index (Phi) is 6.30. The van der Waals surface area contributed by atoms with E-state index in [0.29, 0.717) is 5.75 Å². The second kappa shape index (κ2) is 8.62. The summed E-state index contributed by atoms with van der Waals surface area (Å²) < 4.78 is 63.5. The molecule has 0 aliphatic carbocycles. The molecule has 0 spiro atoms. The number of furan rings is 1. The van der Waals surface area contributed by atoms with Gasteiger partial charge in [0.2, 0.25) is 5.72 Å². The topological polar surface area (TPSA) is 74.9 Å². The van der Waals surface area contributed by atoms with Crippen molar-refractivity contribution in [3.63, 3.8) is 0 Å². The Morgan fingerprint density at radius 2 is 2.00 bits per heavy atom. The first-order valence-corrected chi connectivity index (χ1v) is 9.51. The van der Waals surface area contributed by atoms with Gasteiger partial charge in [-0.05, 0) is 42.2 Å². The van der Waals surface area contributed by atoms with Crippen molar-refractivity contribution in [1.82, 2.24) is 10.4 Å². The molecule has 6 nitrogen and oxygen atoms in total. The third-order valence-electron chi connectivity index (χ3n) is 4.89. The molecule has 0 bridgehead atoms. The minimum Gasteiger partial charge on any atom is -0.485 e. The molecule has 168 valence electrons. The van der Waals surface area contributed by atoms with Gasteiger partial charge in [-0.15, -0.1) is 0 Å². The van der Waals surface area contributed by atoms with Gasteiger partial charge in [0, 0.05) is 0 Å². The second-order valence-electron chi connectivity index (χ2n) is 7.60. The molecule has 0 saturated carbocycles. The van der Waals surface area contributed by atoms with E-state index in [1.54, 1.807) is 0 Å². The summed E-state index contributed by atoms with van der Waals surface area (Å²) in [6.45, 7) is 5.89. The van der Waals surface area contributed by atoms with E-state index >= 15 is 0 Å². The fourth-order valence-corrected chi connectivity index (χ4v) is 3.19. The van der Waals surface area contributed by atoms with Crippen LogP contribution in [0.15, 0.2) is 46.5 Å². The molecule has 2 heterocycles. The normalized spacial score (nSPS) is 18.6. The summed E-state index contributed by atoms with van der Waals surface area (Å²) in [5.41, 5.74) is -0.285. The van der Waals surface area contributed by atoms with Crippen molar-refractivity contribution in [1.29, 1.82) is 0 Å². The number of nitrogens with zero attached hydrogens (tertiary/aromatic N) is 1. The maximum atomic E-state index is 13.3. The number of aryl methyl sites for hydroxylation is 1. The van der Waals surface area contributed by atoms with E-state index < -0.39 is 42.0 Å². The quantitative estimate of drug-likeness (QED) is 0.635. The van der Waals surface area contributed by atoms with Crippen molar-refractivity contribution in [3.05, 3.63) is 64.8 Å². The van der Waals surface area contributed by atoms with E-state index in [2.05, 4.69) is 0 Å². The molecule has 1 unspecified atom stereocenters. The van der Waals surface area contributed by atoms with Crippen molar-refractivity contribution in [2.75, 3.05) is 0 Å². The Balaban J connectivity index is 1.77. The number of amides is 1. The monoisotopic (exact) mass is 442 g/mol. The van der Waals surface area contributed by atoms with Gasteiger partial charge in [-0.1, -0.05) is 26.0 Å². The molecule has 1 aromatic heterocycles. The number of aliphatic hydroxyl groups is 1. The fraction of sp³-hybridized carbons (Fsp3) is 0.381. The minimum atomic E-state index is -3.49. The third kappa shape index (κ3) is 4.53. The van der Waals surface area contributed by atoms with Gasteiger partial charge in [0.05, 0.1) is 6.42 Å². The third-order valence-corrected chi connectivity index (χ3v) is 4.89. The van der Waals surface area contributed by atoms with E-state index in [0.717, 1.165) is 11.1 Å². The Hall–Kier alpha value is -3.01. The Labute approximate surface area is 176 Å². The van der Waals surface area contributed by atoms with Crippen LogP contribution in [0.4, 0.5) is 17.6 Å². The molecule has 1 aromatic carbocycles. The molecule has 1 amide bonds. The number of alkyl halides is 2. The lowest BCUT2D eigenvalue weighted by atomic mass is 10.0. The highest BCUT2D eigenvalue weighted by atomic mass is 19.3. The molecule has 1 aliphatic heterocycles. The predicted octanol–water partition coefficient (Wildman–Crippen LogP) is 4.70. The Bertz CT molecular complexity index is 1000. The summed E-state index contributed by atoms with van der Waals surface area (Å²) in [4.78, 5) is 12.6. The van der Waals surface area contributed by atoms with Crippen LogP contribution >= 0.6 is 0 Å². The zero-order valence-electron chi connectivity index (χ0n) is 17.1. The average Bonchev–Trinajstić information content (AvgIpc) is 3.31. The Morgan fingerprint density at radius 1 is 1.29 bits per heavy atom. The van der Waals surface area contributed by atoms with Crippen LogP contribution in [0.2, 0.25) is 0 Å². The lowest BCUT2D eigenvalue weighted by molar-refractivity contribution is -0.168. The van der Waals surface area contributed by atoms with Gasteiger partial charge >= 0.3 is 5.91 Å². The molecule has 31 heavy (non-hydrogen) atoms. The number of ether oxygens (including phenoxy) is 1. The van der Waals surface area contributed by atoms with Crippen molar-refractivity contribution in [2.24, 2.45) is 0 Å². The molecule has 3 rings (SSSR count). The average molecular weight is 442 g/mol. The summed E-state index contributed by atoms with van der Waals surface area (Å²) in [6, 6.07) is 8.37. The molecule has 10 heteroatoms. The number of nitrogens with one attached hydrogen (secondary N) is 1. The lowest BCUT2D eigenvalue weighted by Gasteiger charge is -2.30. The summed E-state index contributed by atoms with van der Waals surface area (Å²) in [6.07, 6.45) is -6.93. The number of hydrazine groups is 1. The van der Waals surface area contributed by atoms with Crippen LogP contribution in [0.25, 0.3) is 0 Å². The number of carbonyl (C=O) groups excluding carboxylic acids is 1. The predicted molar refractivity (Wildman–Crippen MR) is 102 cm³/mol. The molecular weight excluding hydrogens is 420 g/mol. The largest absolute Gasteiger partial charge is 0.485 e.